The maximum absolute atomic E-state index is 12.2. The molecule has 0 radical (unpaired) electrons. The van der Waals surface area contributed by atoms with Crippen molar-refractivity contribution in [1.29, 1.82) is 0 Å². The number of ether oxygens (including phenoxy) is 1. The molecule has 0 saturated carbocycles. The molecule has 0 heterocycles. The second-order valence-corrected chi connectivity index (χ2v) is 6.33. The Morgan fingerprint density at radius 3 is 2.59 bits per heavy atom. The Balaban J connectivity index is 1.95. The molecule has 2 aromatic carbocycles. The van der Waals surface area contributed by atoms with Gasteiger partial charge in [0, 0.05) is 16.5 Å². The number of carbonyl (C=O) groups excluding carboxylic acids is 1. The molecule has 3 nitrogen and oxygen atoms in total. The van der Waals surface area contributed by atoms with Crippen LogP contribution in [0.2, 0.25) is 5.02 Å². The van der Waals surface area contributed by atoms with Crippen LogP contribution < -0.4 is 4.74 Å². The maximum Gasteiger partial charge on any atom is 0.260 e. The van der Waals surface area contributed by atoms with Gasteiger partial charge in [-0.05, 0) is 48.9 Å². The largest absolute Gasteiger partial charge is 0.484 e. The molecule has 0 aromatic heterocycles. The van der Waals surface area contributed by atoms with E-state index in [0.29, 0.717) is 10.8 Å². The molecule has 116 valence electrons. The van der Waals surface area contributed by atoms with E-state index in [1.807, 2.05) is 55.5 Å². The third kappa shape index (κ3) is 4.49. The topological polar surface area (TPSA) is 29.5 Å². The highest BCUT2D eigenvalue weighted by Crippen LogP contribution is 2.22. The SMILES string of the molecule is CC(c1cccc(Cl)c1)N(C)C(=O)COc1ccc(Br)cc1. The van der Waals surface area contributed by atoms with E-state index in [4.69, 9.17) is 16.3 Å². The molecular formula is C17H17BrClNO2. The summed E-state index contributed by atoms with van der Waals surface area (Å²) >= 11 is 9.35. The molecule has 0 aliphatic rings. The van der Waals surface area contributed by atoms with E-state index >= 15 is 0 Å². The van der Waals surface area contributed by atoms with Crippen LogP contribution in [-0.2, 0) is 4.79 Å². The Labute approximate surface area is 144 Å². The standard InChI is InChI=1S/C17H17BrClNO2/c1-12(13-4-3-5-15(19)10-13)20(2)17(21)11-22-16-8-6-14(18)7-9-16/h3-10,12H,11H2,1-2H3. The molecule has 2 aromatic rings. The summed E-state index contributed by atoms with van der Waals surface area (Å²) in [6, 6.07) is 14.8. The summed E-state index contributed by atoms with van der Waals surface area (Å²) in [5.41, 5.74) is 0.993. The maximum atomic E-state index is 12.2. The Bertz CT molecular complexity index is 645. The molecule has 1 amide bonds. The third-order valence-corrected chi connectivity index (χ3v) is 4.25. The molecule has 0 aliphatic carbocycles. The lowest BCUT2D eigenvalue weighted by Crippen LogP contribution is -2.33. The fourth-order valence-corrected chi connectivity index (χ4v) is 2.45. The van der Waals surface area contributed by atoms with Crippen LogP contribution in [0.5, 0.6) is 5.75 Å². The lowest BCUT2D eigenvalue weighted by molar-refractivity contribution is -0.134. The van der Waals surface area contributed by atoms with Gasteiger partial charge in [0.05, 0.1) is 6.04 Å². The second kappa shape index (κ2) is 7.65. The average Bonchev–Trinajstić information content (AvgIpc) is 2.52. The Hall–Kier alpha value is -1.52. The number of halogens is 2. The average molecular weight is 383 g/mol. The van der Waals surface area contributed by atoms with Gasteiger partial charge in [-0.3, -0.25) is 4.79 Å². The molecule has 0 bridgehead atoms. The van der Waals surface area contributed by atoms with Crippen LogP contribution in [0, 0.1) is 0 Å². The van der Waals surface area contributed by atoms with Crippen LogP contribution in [0.25, 0.3) is 0 Å². The van der Waals surface area contributed by atoms with Gasteiger partial charge >= 0.3 is 0 Å². The quantitative estimate of drug-likeness (QED) is 0.750. The van der Waals surface area contributed by atoms with Gasteiger partial charge in [-0.15, -0.1) is 0 Å². The first-order valence-corrected chi connectivity index (χ1v) is 8.04. The summed E-state index contributed by atoms with van der Waals surface area (Å²) in [6.07, 6.45) is 0. The Morgan fingerprint density at radius 1 is 1.27 bits per heavy atom. The predicted octanol–water partition coefficient (Wildman–Crippen LogP) is 4.70. The van der Waals surface area contributed by atoms with E-state index in [-0.39, 0.29) is 18.6 Å². The van der Waals surface area contributed by atoms with E-state index in [9.17, 15) is 4.79 Å². The minimum absolute atomic E-state index is 0.00301. The van der Waals surface area contributed by atoms with E-state index in [0.717, 1.165) is 10.0 Å². The van der Waals surface area contributed by atoms with Crippen LogP contribution in [0.15, 0.2) is 53.0 Å². The lowest BCUT2D eigenvalue weighted by atomic mass is 10.1. The summed E-state index contributed by atoms with van der Waals surface area (Å²) in [7, 11) is 1.76. The number of hydrogen-bond acceptors (Lipinski definition) is 2. The molecule has 0 fully saturated rings. The van der Waals surface area contributed by atoms with Crippen LogP contribution in [-0.4, -0.2) is 24.5 Å². The highest BCUT2D eigenvalue weighted by molar-refractivity contribution is 9.10. The molecule has 1 atom stereocenters. The number of carbonyl (C=O) groups is 1. The molecule has 2 rings (SSSR count). The summed E-state index contributed by atoms with van der Waals surface area (Å²) in [5.74, 6) is 0.579. The molecule has 0 saturated heterocycles. The minimum atomic E-state index is -0.0876. The summed E-state index contributed by atoms with van der Waals surface area (Å²) < 4.78 is 6.49. The van der Waals surface area contributed by atoms with Crippen LogP contribution in [0.1, 0.15) is 18.5 Å². The van der Waals surface area contributed by atoms with Gasteiger partial charge in [0.25, 0.3) is 5.91 Å². The molecule has 0 aliphatic heterocycles. The molecule has 5 heteroatoms. The van der Waals surface area contributed by atoms with Gasteiger partial charge in [0.1, 0.15) is 5.75 Å². The van der Waals surface area contributed by atoms with Crippen molar-refractivity contribution in [3.05, 3.63) is 63.6 Å². The number of likely N-dealkylation sites (N-methyl/N-ethyl adjacent to an activating group) is 1. The number of hydrogen-bond donors (Lipinski definition) is 0. The first-order valence-electron chi connectivity index (χ1n) is 6.87. The van der Waals surface area contributed by atoms with E-state index in [1.165, 1.54) is 0 Å². The fourth-order valence-electron chi connectivity index (χ4n) is 1.98. The summed E-state index contributed by atoms with van der Waals surface area (Å²) in [6.45, 7) is 1.96. The second-order valence-electron chi connectivity index (χ2n) is 4.98. The molecule has 22 heavy (non-hydrogen) atoms. The predicted molar refractivity (Wildman–Crippen MR) is 92.3 cm³/mol. The normalized spacial score (nSPS) is 11.8. The first-order chi connectivity index (χ1) is 10.5. The van der Waals surface area contributed by atoms with Crippen molar-refractivity contribution in [3.63, 3.8) is 0 Å². The highest BCUT2D eigenvalue weighted by Gasteiger charge is 2.18. The first kappa shape index (κ1) is 16.8. The highest BCUT2D eigenvalue weighted by atomic mass is 79.9. The van der Waals surface area contributed by atoms with Gasteiger partial charge in [-0.2, -0.15) is 0 Å². The van der Waals surface area contributed by atoms with Crippen molar-refractivity contribution in [3.8, 4) is 5.75 Å². The lowest BCUT2D eigenvalue weighted by Gasteiger charge is -2.25. The monoisotopic (exact) mass is 381 g/mol. The molecule has 0 N–H and O–H groups in total. The Kier molecular flexibility index (Phi) is 5.86. The smallest absolute Gasteiger partial charge is 0.260 e. The summed E-state index contributed by atoms with van der Waals surface area (Å²) in [4.78, 5) is 13.9. The minimum Gasteiger partial charge on any atom is -0.484 e. The van der Waals surface area contributed by atoms with Gasteiger partial charge in [-0.25, -0.2) is 0 Å². The molecule has 1 unspecified atom stereocenters. The third-order valence-electron chi connectivity index (χ3n) is 3.48. The fraction of sp³-hybridized carbons (Fsp3) is 0.235. The van der Waals surface area contributed by atoms with Crippen molar-refractivity contribution in [2.24, 2.45) is 0 Å². The number of nitrogens with zero attached hydrogens (tertiary/aromatic N) is 1. The zero-order valence-corrected chi connectivity index (χ0v) is 14.8. The zero-order valence-electron chi connectivity index (χ0n) is 12.4. The van der Waals surface area contributed by atoms with Crippen LogP contribution in [0.4, 0.5) is 0 Å². The van der Waals surface area contributed by atoms with Crippen LogP contribution in [0.3, 0.4) is 0 Å². The van der Waals surface area contributed by atoms with Crippen molar-refractivity contribution >= 4 is 33.4 Å². The van der Waals surface area contributed by atoms with Crippen LogP contribution >= 0.6 is 27.5 Å². The van der Waals surface area contributed by atoms with Gasteiger partial charge in [-0.1, -0.05) is 39.7 Å². The number of benzene rings is 2. The van der Waals surface area contributed by atoms with E-state index in [1.54, 1.807) is 11.9 Å². The number of amides is 1. The zero-order chi connectivity index (χ0) is 16.1. The molecule has 0 spiro atoms. The van der Waals surface area contributed by atoms with Gasteiger partial charge < -0.3 is 9.64 Å². The number of rotatable bonds is 5. The van der Waals surface area contributed by atoms with Crippen molar-refractivity contribution in [2.75, 3.05) is 13.7 Å². The van der Waals surface area contributed by atoms with Crippen molar-refractivity contribution in [1.82, 2.24) is 4.90 Å². The van der Waals surface area contributed by atoms with Crippen molar-refractivity contribution < 1.29 is 9.53 Å². The van der Waals surface area contributed by atoms with Gasteiger partial charge in [0.15, 0.2) is 6.61 Å². The van der Waals surface area contributed by atoms with E-state index < -0.39 is 0 Å². The Morgan fingerprint density at radius 2 is 1.95 bits per heavy atom. The van der Waals surface area contributed by atoms with Gasteiger partial charge in [0.2, 0.25) is 0 Å². The van der Waals surface area contributed by atoms with Crippen molar-refractivity contribution in [2.45, 2.75) is 13.0 Å². The molecular weight excluding hydrogens is 366 g/mol. The van der Waals surface area contributed by atoms with E-state index in [2.05, 4.69) is 15.9 Å². The summed E-state index contributed by atoms with van der Waals surface area (Å²) in [5, 5.41) is 0.663.